The lowest BCUT2D eigenvalue weighted by molar-refractivity contribution is -0.0104. The van der Waals surface area contributed by atoms with E-state index in [9.17, 15) is 5.11 Å². The van der Waals surface area contributed by atoms with Gasteiger partial charge in [0.25, 0.3) is 0 Å². The molecule has 0 aromatic heterocycles. The predicted molar refractivity (Wildman–Crippen MR) is 78.2 cm³/mol. The molecule has 2 heterocycles. The van der Waals surface area contributed by atoms with Gasteiger partial charge in [0.05, 0.1) is 6.10 Å². The number of likely N-dealkylation sites (tertiary alicyclic amines) is 2. The Morgan fingerprint density at radius 3 is 2.47 bits per heavy atom. The van der Waals surface area contributed by atoms with Crippen molar-refractivity contribution in [3.8, 4) is 0 Å². The van der Waals surface area contributed by atoms with Gasteiger partial charge in [0, 0.05) is 25.2 Å². The van der Waals surface area contributed by atoms with E-state index in [-0.39, 0.29) is 6.10 Å². The summed E-state index contributed by atoms with van der Waals surface area (Å²) in [6.45, 7) is 9.71. The number of hydrogen-bond acceptors (Lipinski definition) is 3. The quantitative estimate of drug-likeness (QED) is 0.829. The zero-order chi connectivity index (χ0) is 13.5. The molecule has 3 rings (SSSR count). The highest BCUT2D eigenvalue weighted by Crippen LogP contribution is 2.38. The molecular formula is C16H30N2O. The van der Waals surface area contributed by atoms with Crippen LogP contribution in [0.5, 0.6) is 0 Å². The van der Waals surface area contributed by atoms with E-state index in [4.69, 9.17) is 0 Å². The molecule has 1 aliphatic carbocycles. The second-order valence-electron chi connectivity index (χ2n) is 7.72. The highest BCUT2D eigenvalue weighted by atomic mass is 16.3. The Bertz CT molecular complexity index is 312. The molecule has 3 atom stereocenters. The molecule has 3 aliphatic rings. The summed E-state index contributed by atoms with van der Waals surface area (Å²) in [5, 5.41) is 10.4. The van der Waals surface area contributed by atoms with Crippen LogP contribution < -0.4 is 0 Å². The average molecular weight is 266 g/mol. The summed E-state index contributed by atoms with van der Waals surface area (Å²) in [6.07, 6.45) is 7.32. The van der Waals surface area contributed by atoms with Crippen LogP contribution in [0.4, 0.5) is 0 Å². The smallest absolute Gasteiger partial charge is 0.0695 e. The molecule has 1 N–H and O–H groups in total. The lowest BCUT2D eigenvalue weighted by Crippen LogP contribution is -2.49. The molecule has 0 amide bonds. The average Bonchev–Trinajstić information content (AvgIpc) is 3.01. The van der Waals surface area contributed by atoms with Crippen molar-refractivity contribution in [3.05, 3.63) is 0 Å². The van der Waals surface area contributed by atoms with E-state index in [1.54, 1.807) is 0 Å². The zero-order valence-corrected chi connectivity index (χ0v) is 12.6. The third-order valence-electron chi connectivity index (χ3n) is 5.64. The van der Waals surface area contributed by atoms with Gasteiger partial charge in [0.2, 0.25) is 0 Å². The minimum absolute atomic E-state index is 0.0923. The molecule has 0 spiro atoms. The van der Waals surface area contributed by atoms with Gasteiger partial charge in [0.1, 0.15) is 0 Å². The van der Waals surface area contributed by atoms with Crippen molar-refractivity contribution in [1.82, 2.24) is 9.80 Å². The van der Waals surface area contributed by atoms with Gasteiger partial charge >= 0.3 is 0 Å². The van der Waals surface area contributed by atoms with Crippen molar-refractivity contribution < 1.29 is 5.11 Å². The second kappa shape index (κ2) is 5.34. The van der Waals surface area contributed by atoms with E-state index in [0.29, 0.717) is 11.5 Å². The molecule has 3 unspecified atom stereocenters. The Kier molecular flexibility index (Phi) is 3.89. The highest BCUT2D eigenvalue weighted by molar-refractivity contribution is 4.95. The molecule has 0 aromatic carbocycles. The first-order valence-corrected chi connectivity index (χ1v) is 8.21. The lowest BCUT2D eigenvalue weighted by atomic mass is 9.73. The summed E-state index contributed by atoms with van der Waals surface area (Å²) < 4.78 is 0. The van der Waals surface area contributed by atoms with E-state index < -0.39 is 0 Å². The molecule has 3 fully saturated rings. The number of nitrogens with zero attached hydrogens (tertiary/aromatic N) is 2. The Hall–Kier alpha value is -0.120. The van der Waals surface area contributed by atoms with Gasteiger partial charge in [-0.25, -0.2) is 0 Å². The maximum absolute atomic E-state index is 10.4. The fourth-order valence-corrected chi connectivity index (χ4v) is 4.38. The molecule has 0 radical (unpaired) electrons. The zero-order valence-electron chi connectivity index (χ0n) is 12.6. The Labute approximate surface area is 118 Å². The van der Waals surface area contributed by atoms with E-state index in [1.165, 1.54) is 58.3 Å². The van der Waals surface area contributed by atoms with E-state index in [2.05, 4.69) is 23.6 Å². The minimum Gasteiger partial charge on any atom is -0.391 e. The summed E-state index contributed by atoms with van der Waals surface area (Å²) in [5.41, 5.74) is 0.412. The summed E-state index contributed by atoms with van der Waals surface area (Å²) >= 11 is 0. The first-order valence-electron chi connectivity index (χ1n) is 8.21. The lowest BCUT2D eigenvalue weighted by Gasteiger charge is -2.43. The van der Waals surface area contributed by atoms with Gasteiger partial charge in [0.15, 0.2) is 0 Å². The van der Waals surface area contributed by atoms with Crippen molar-refractivity contribution in [3.63, 3.8) is 0 Å². The fraction of sp³-hybridized carbons (Fsp3) is 1.00. The van der Waals surface area contributed by atoms with Crippen molar-refractivity contribution in [1.29, 1.82) is 0 Å². The van der Waals surface area contributed by atoms with Gasteiger partial charge in [-0.05, 0) is 57.0 Å². The summed E-state index contributed by atoms with van der Waals surface area (Å²) in [5.74, 6) is 0. The molecule has 19 heavy (non-hydrogen) atoms. The third kappa shape index (κ3) is 2.98. The number of aliphatic hydroxyl groups is 1. The van der Waals surface area contributed by atoms with Gasteiger partial charge in [-0.3, -0.25) is 9.80 Å². The molecule has 2 saturated heterocycles. The molecule has 0 aromatic rings. The van der Waals surface area contributed by atoms with E-state index in [1.807, 2.05) is 0 Å². The van der Waals surface area contributed by atoms with Crippen LogP contribution in [0.3, 0.4) is 0 Å². The van der Waals surface area contributed by atoms with Gasteiger partial charge in [-0.1, -0.05) is 13.8 Å². The maximum atomic E-state index is 10.4. The SMILES string of the molecule is CC1(C)CCC(O)C(N2CCC(N3CCCC3)C2)C1. The molecule has 1 saturated carbocycles. The number of hydrogen-bond donors (Lipinski definition) is 1. The van der Waals surface area contributed by atoms with Crippen LogP contribution in [0, 0.1) is 5.41 Å². The molecular weight excluding hydrogens is 236 g/mol. The van der Waals surface area contributed by atoms with Gasteiger partial charge < -0.3 is 5.11 Å². The highest BCUT2D eigenvalue weighted by Gasteiger charge is 2.40. The standard InChI is InChI=1S/C16H30N2O/c1-16(2)7-5-15(19)14(11-16)18-10-6-13(12-18)17-8-3-4-9-17/h13-15,19H,3-12H2,1-2H3. The van der Waals surface area contributed by atoms with Crippen LogP contribution in [0.15, 0.2) is 0 Å². The molecule has 0 bridgehead atoms. The summed E-state index contributed by atoms with van der Waals surface area (Å²) in [7, 11) is 0. The van der Waals surface area contributed by atoms with Crippen molar-refractivity contribution in [2.45, 2.75) is 70.6 Å². The van der Waals surface area contributed by atoms with Gasteiger partial charge in [-0.15, -0.1) is 0 Å². The minimum atomic E-state index is -0.0923. The van der Waals surface area contributed by atoms with Crippen LogP contribution in [0.2, 0.25) is 0 Å². The van der Waals surface area contributed by atoms with Crippen molar-refractivity contribution in [2.75, 3.05) is 26.2 Å². The van der Waals surface area contributed by atoms with E-state index >= 15 is 0 Å². The van der Waals surface area contributed by atoms with Crippen LogP contribution in [0.1, 0.15) is 52.4 Å². The first kappa shape index (κ1) is 13.8. The van der Waals surface area contributed by atoms with Crippen molar-refractivity contribution in [2.24, 2.45) is 5.41 Å². The van der Waals surface area contributed by atoms with Crippen LogP contribution in [-0.4, -0.2) is 59.3 Å². The molecule has 110 valence electrons. The molecule has 3 nitrogen and oxygen atoms in total. The third-order valence-corrected chi connectivity index (χ3v) is 5.64. The topological polar surface area (TPSA) is 26.7 Å². The van der Waals surface area contributed by atoms with Crippen molar-refractivity contribution >= 4 is 0 Å². The van der Waals surface area contributed by atoms with Crippen LogP contribution in [0.25, 0.3) is 0 Å². The fourth-order valence-electron chi connectivity index (χ4n) is 4.38. The van der Waals surface area contributed by atoms with Crippen LogP contribution in [-0.2, 0) is 0 Å². The predicted octanol–water partition coefficient (Wildman–Crippen LogP) is 2.10. The molecule has 2 aliphatic heterocycles. The normalized spacial score (nSPS) is 40.9. The Morgan fingerprint density at radius 1 is 1.00 bits per heavy atom. The van der Waals surface area contributed by atoms with E-state index in [0.717, 1.165) is 12.5 Å². The second-order valence-corrected chi connectivity index (χ2v) is 7.72. The Balaban J connectivity index is 1.60. The van der Waals surface area contributed by atoms with Crippen LogP contribution >= 0.6 is 0 Å². The van der Waals surface area contributed by atoms with Gasteiger partial charge in [-0.2, -0.15) is 0 Å². The molecule has 3 heteroatoms. The monoisotopic (exact) mass is 266 g/mol. The maximum Gasteiger partial charge on any atom is 0.0695 e. The first-order chi connectivity index (χ1) is 9.05. The summed E-state index contributed by atoms with van der Waals surface area (Å²) in [4.78, 5) is 5.27. The summed E-state index contributed by atoms with van der Waals surface area (Å²) in [6, 6.07) is 1.18. The Morgan fingerprint density at radius 2 is 1.74 bits per heavy atom. The number of rotatable bonds is 2. The largest absolute Gasteiger partial charge is 0.391 e. The number of aliphatic hydroxyl groups excluding tert-OH is 1.